The number of aromatic nitrogens is 1. The minimum atomic E-state index is -0.640. The van der Waals surface area contributed by atoms with Crippen LogP contribution in [0.4, 0.5) is 5.69 Å². The summed E-state index contributed by atoms with van der Waals surface area (Å²) in [7, 11) is 1.53. The monoisotopic (exact) mass is 446 g/mol. The summed E-state index contributed by atoms with van der Waals surface area (Å²) in [4.78, 5) is 17.6. The molecular formula is C25H26N4O4. The molecule has 33 heavy (non-hydrogen) atoms. The molecule has 8 nitrogen and oxygen atoms in total. The molecule has 1 aliphatic rings. The maximum absolute atomic E-state index is 13.2. The first-order valence-corrected chi connectivity index (χ1v) is 10.3. The molecule has 1 aliphatic heterocycles. The molecule has 0 bridgehead atoms. The summed E-state index contributed by atoms with van der Waals surface area (Å²) in [6.07, 6.45) is 10.4. The molecule has 1 unspecified atom stereocenters. The van der Waals surface area contributed by atoms with E-state index in [1.165, 1.54) is 13.2 Å². The fourth-order valence-corrected chi connectivity index (χ4v) is 3.52. The van der Waals surface area contributed by atoms with Crippen molar-refractivity contribution >= 4 is 11.7 Å². The van der Waals surface area contributed by atoms with Crippen LogP contribution in [0.15, 0.2) is 40.8 Å². The van der Waals surface area contributed by atoms with Gasteiger partial charge in [-0.05, 0) is 38.0 Å². The number of aryl methyl sites for hydroxylation is 1. The number of nitrogens with zero attached hydrogens (tertiary/aromatic N) is 3. The molecular weight excluding hydrogens is 420 g/mol. The Hall–Kier alpha value is -4.06. The van der Waals surface area contributed by atoms with Gasteiger partial charge in [-0.3, -0.25) is 0 Å². The van der Waals surface area contributed by atoms with E-state index in [1.807, 2.05) is 26.0 Å². The molecule has 0 aromatic carbocycles. The zero-order valence-electron chi connectivity index (χ0n) is 19.2. The molecule has 8 heteroatoms. The van der Waals surface area contributed by atoms with Crippen LogP contribution in [-0.2, 0) is 14.3 Å². The average molecular weight is 447 g/mol. The summed E-state index contributed by atoms with van der Waals surface area (Å²) in [6.45, 7) is 6.01. The molecule has 0 saturated carbocycles. The van der Waals surface area contributed by atoms with Crippen LogP contribution in [0.5, 0.6) is 5.88 Å². The third-order valence-electron chi connectivity index (χ3n) is 4.93. The summed E-state index contributed by atoms with van der Waals surface area (Å²) >= 11 is 0. The van der Waals surface area contributed by atoms with E-state index in [4.69, 9.17) is 25.9 Å². The Labute approximate surface area is 194 Å². The molecule has 0 radical (unpaired) electrons. The lowest BCUT2D eigenvalue weighted by atomic mass is 9.80. The maximum atomic E-state index is 13.2. The first-order valence-electron chi connectivity index (χ1n) is 10.3. The van der Waals surface area contributed by atoms with E-state index in [0.29, 0.717) is 34.9 Å². The van der Waals surface area contributed by atoms with E-state index in [1.54, 1.807) is 19.2 Å². The number of esters is 1. The highest BCUT2D eigenvalue weighted by molar-refractivity contribution is 5.95. The van der Waals surface area contributed by atoms with Gasteiger partial charge in [0.2, 0.25) is 5.88 Å². The number of pyridine rings is 1. The Morgan fingerprint density at radius 3 is 2.70 bits per heavy atom. The van der Waals surface area contributed by atoms with E-state index < -0.39 is 11.9 Å². The lowest BCUT2D eigenvalue weighted by Crippen LogP contribution is -2.27. The Balaban J connectivity index is 2.79. The van der Waals surface area contributed by atoms with Gasteiger partial charge in [-0.1, -0.05) is 12.0 Å². The number of ether oxygens (including phenoxy) is 3. The summed E-state index contributed by atoms with van der Waals surface area (Å²) < 4.78 is 16.6. The van der Waals surface area contributed by atoms with Crippen molar-refractivity contribution in [3.05, 3.63) is 51.9 Å². The van der Waals surface area contributed by atoms with Gasteiger partial charge in [0.25, 0.3) is 0 Å². The van der Waals surface area contributed by atoms with E-state index in [9.17, 15) is 10.1 Å². The zero-order valence-corrected chi connectivity index (χ0v) is 19.2. The molecule has 170 valence electrons. The highest BCUT2D eigenvalue weighted by atomic mass is 16.5. The van der Waals surface area contributed by atoms with Crippen LogP contribution in [0.3, 0.4) is 0 Å². The van der Waals surface area contributed by atoms with Crippen LogP contribution in [0, 0.1) is 41.9 Å². The molecule has 1 N–H and O–H groups in total. The van der Waals surface area contributed by atoms with Gasteiger partial charge in [0.05, 0.1) is 37.0 Å². The molecule has 1 aromatic rings. The minimum absolute atomic E-state index is 0.0328. The molecule has 1 atom stereocenters. The third kappa shape index (κ3) is 5.80. The second kappa shape index (κ2) is 12.1. The van der Waals surface area contributed by atoms with E-state index in [2.05, 4.69) is 16.2 Å². The second-order valence-electron chi connectivity index (χ2n) is 7.12. The lowest BCUT2D eigenvalue weighted by Gasteiger charge is -2.33. The van der Waals surface area contributed by atoms with Crippen LogP contribution in [0.25, 0.3) is 0 Å². The minimum Gasteiger partial charge on any atom is -0.478 e. The third-order valence-corrected chi connectivity index (χ3v) is 4.93. The number of carbonyl (C=O) groups excluding carboxylic acids is 1. The zero-order chi connectivity index (χ0) is 24.4. The van der Waals surface area contributed by atoms with Gasteiger partial charge in [-0.25, -0.2) is 9.78 Å². The molecule has 0 aliphatic carbocycles. The molecule has 2 heterocycles. The van der Waals surface area contributed by atoms with Crippen LogP contribution in [0.1, 0.15) is 37.3 Å². The Kier molecular flexibility index (Phi) is 9.24. The van der Waals surface area contributed by atoms with Gasteiger partial charge in [0.15, 0.2) is 0 Å². The van der Waals surface area contributed by atoms with Crippen molar-refractivity contribution in [1.82, 2.24) is 4.98 Å². The Morgan fingerprint density at radius 2 is 2.09 bits per heavy atom. The van der Waals surface area contributed by atoms with Gasteiger partial charge in [0.1, 0.15) is 18.2 Å². The number of hydrogen-bond acceptors (Lipinski definition) is 8. The van der Waals surface area contributed by atoms with Crippen molar-refractivity contribution < 1.29 is 19.0 Å². The Morgan fingerprint density at radius 1 is 1.33 bits per heavy atom. The standard InChI is InChI=1S/C25H26N4O4/c1-6-18(13-27)9-10-19(15-31-5)21-20(25(30)33-12-8-11-26)17(4)29-23-16(3)14-28-24(22(21)23)32-7-2/h1,9-10,14,21,29H,7-8,12,15H2,2-5H3/b18-9+,19-10+. The van der Waals surface area contributed by atoms with Crippen molar-refractivity contribution in [2.45, 2.75) is 33.1 Å². The van der Waals surface area contributed by atoms with Gasteiger partial charge < -0.3 is 19.5 Å². The molecule has 0 saturated heterocycles. The average Bonchev–Trinajstić information content (AvgIpc) is 2.80. The summed E-state index contributed by atoms with van der Waals surface area (Å²) in [5.74, 6) is 1.48. The lowest BCUT2D eigenvalue weighted by molar-refractivity contribution is -0.139. The van der Waals surface area contributed by atoms with Crippen molar-refractivity contribution in [3.8, 4) is 30.4 Å². The van der Waals surface area contributed by atoms with Crippen molar-refractivity contribution in [3.63, 3.8) is 0 Å². The number of terminal acetylenes is 1. The highest BCUT2D eigenvalue weighted by Gasteiger charge is 2.38. The molecule has 0 spiro atoms. The molecule has 0 fully saturated rings. The topological polar surface area (TPSA) is 117 Å². The number of nitriles is 2. The number of hydrogen-bond donors (Lipinski definition) is 1. The predicted molar refractivity (Wildman–Crippen MR) is 123 cm³/mol. The van der Waals surface area contributed by atoms with E-state index in [0.717, 1.165) is 11.3 Å². The summed E-state index contributed by atoms with van der Waals surface area (Å²) in [5, 5.41) is 21.3. The van der Waals surface area contributed by atoms with Gasteiger partial charge in [-0.2, -0.15) is 10.5 Å². The number of rotatable bonds is 9. The SMILES string of the molecule is C#C/C(C#N)=C\C=C(/COC)C1C(C(=O)OCCC#N)=C(C)Nc2c(C)cnc(OCC)c21. The number of nitrogens with one attached hydrogen (secondary N) is 1. The van der Waals surface area contributed by atoms with Crippen molar-refractivity contribution in [2.75, 3.05) is 32.2 Å². The number of carbonyl (C=O) groups is 1. The number of allylic oxidation sites excluding steroid dienone is 4. The molecule has 0 amide bonds. The number of methoxy groups -OCH3 is 1. The summed E-state index contributed by atoms with van der Waals surface area (Å²) in [5.41, 5.74) is 4.01. The normalized spacial score (nSPS) is 15.5. The smallest absolute Gasteiger partial charge is 0.336 e. The van der Waals surface area contributed by atoms with Crippen molar-refractivity contribution in [1.29, 1.82) is 10.5 Å². The predicted octanol–water partition coefficient (Wildman–Crippen LogP) is 3.68. The van der Waals surface area contributed by atoms with Crippen molar-refractivity contribution in [2.24, 2.45) is 0 Å². The fourth-order valence-electron chi connectivity index (χ4n) is 3.52. The van der Waals surface area contributed by atoms with Gasteiger partial charge in [-0.15, -0.1) is 6.42 Å². The van der Waals surface area contributed by atoms with E-state index >= 15 is 0 Å². The Bertz CT molecular complexity index is 1110. The second-order valence-corrected chi connectivity index (χ2v) is 7.12. The molecule has 1 aromatic heterocycles. The highest BCUT2D eigenvalue weighted by Crippen LogP contribution is 2.47. The van der Waals surface area contributed by atoms with Crippen LogP contribution >= 0.6 is 0 Å². The first-order chi connectivity index (χ1) is 15.9. The number of fused-ring (bicyclic) bond motifs is 1. The van der Waals surface area contributed by atoms with Crippen LogP contribution < -0.4 is 10.1 Å². The van der Waals surface area contributed by atoms with Gasteiger partial charge >= 0.3 is 5.97 Å². The maximum Gasteiger partial charge on any atom is 0.336 e. The van der Waals surface area contributed by atoms with Gasteiger partial charge in [0, 0.05) is 30.5 Å². The molecule has 2 rings (SSSR count). The largest absolute Gasteiger partial charge is 0.478 e. The summed E-state index contributed by atoms with van der Waals surface area (Å²) in [6, 6.07) is 3.90. The van der Waals surface area contributed by atoms with Crippen LogP contribution in [0.2, 0.25) is 0 Å². The fraction of sp³-hybridized carbons (Fsp3) is 0.360. The quantitative estimate of drug-likeness (QED) is 0.201. The van der Waals surface area contributed by atoms with E-state index in [-0.39, 0.29) is 25.2 Å². The number of anilines is 1. The van der Waals surface area contributed by atoms with Crippen LogP contribution in [-0.4, -0.2) is 37.9 Å². The first kappa shape index (κ1) is 25.2.